The van der Waals surface area contributed by atoms with Crippen LogP contribution in [0.25, 0.3) is 5.69 Å². The van der Waals surface area contributed by atoms with Crippen LogP contribution in [0.15, 0.2) is 69.9 Å². The van der Waals surface area contributed by atoms with E-state index in [9.17, 15) is 23.2 Å². The van der Waals surface area contributed by atoms with E-state index in [1.54, 1.807) is 42.5 Å². The lowest BCUT2D eigenvalue weighted by Gasteiger charge is -2.28. The molecular weight excluding hydrogens is 634 g/mol. The van der Waals surface area contributed by atoms with Crippen LogP contribution in [0.1, 0.15) is 44.9 Å². The molecule has 0 atom stereocenters. The second kappa shape index (κ2) is 11.4. The number of nitrogens with zero attached hydrogens (tertiary/aromatic N) is 3. The van der Waals surface area contributed by atoms with Gasteiger partial charge in [-0.1, -0.05) is 17.7 Å². The molecule has 6 rings (SSSR count). The van der Waals surface area contributed by atoms with Crippen molar-refractivity contribution < 1.29 is 23.1 Å². The van der Waals surface area contributed by atoms with Crippen LogP contribution in [-0.4, -0.2) is 38.5 Å². The predicted octanol–water partition coefficient (Wildman–Crippen LogP) is 5.46. The molecule has 0 saturated heterocycles. The van der Waals surface area contributed by atoms with Crippen LogP contribution in [-0.2, 0) is 19.6 Å². The van der Waals surface area contributed by atoms with Crippen molar-refractivity contribution in [3.05, 3.63) is 115 Å². The molecule has 42 heavy (non-hydrogen) atoms. The van der Waals surface area contributed by atoms with Gasteiger partial charge < -0.3 is 15.0 Å². The number of aromatic nitrogens is 2. The van der Waals surface area contributed by atoms with E-state index in [1.165, 1.54) is 20.1 Å². The number of rotatable bonds is 7. The number of carbonyl (C=O) groups is 2. The normalized spacial score (nSPS) is 14.4. The van der Waals surface area contributed by atoms with Crippen molar-refractivity contribution in [1.82, 2.24) is 19.4 Å². The topological polar surface area (TPSA) is 85.6 Å². The average molecular weight is 658 g/mol. The Balaban J connectivity index is 1.37. The summed E-state index contributed by atoms with van der Waals surface area (Å²) < 4.78 is 37.8. The summed E-state index contributed by atoms with van der Waals surface area (Å²) in [4.78, 5) is 42.3. The van der Waals surface area contributed by atoms with Crippen LogP contribution < -0.4 is 15.7 Å². The highest BCUT2D eigenvalue weighted by molar-refractivity contribution is 9.10. The molecule has 0 spiro atoms. The van der Waals surface area contributed by atoms with Crippen LogP contribution in [0.2, 0.25) is 5.02 Å². The third-order valence-corrected chi connectivity index (χ3v) is 8.49. The SMILES string of the molecule is O=C(NCc1c(F)cccc1F)c1c2n(c(=O)n1-c1ccc(OC3CC3)cc1)CCN(C(=O)c1ccc(Br)c(Cl)c1)C2. The van der Waals surface area contributed by atoms with Crippen LogP contribution in [0.4, 0.5) is 8.78 Å². The van der Waals surface area contributed by atoms with E-state index >= 15 is 0 Å². The fourth-order valence-corrected chi connectivity index (χ4v) is 5.35. The molecular formula is C30H24BrClF2N4O4. The van der Waals surface area contributed by atoms with Crippen molar-refractivity contribution in [1.29, 1.82) is 0 Å². The van der Waals surface area contributed by atoms with Gasteiger partial charge in [0.25, 0.3) is 11.8 Å². The lowest BCUT2D eigenvalue weighted by Crippen LogP contribution is -2.41. The lowest BCUT2D eigenvalue weighted by molar-refractivity contribution is 0.0706. The van der Waals surface area contributed by atoms with Crippen molar-refractivity contribution in [3.8, 4) is 11.4 Å². The first-order valence-corrected chi connectivity index (χ1v) is 14.4. The van der Waals surface area contributed by atoms with E-state index in [1.807, 2.05) is 0 Å². The van der Waals surface area contributed by atoms with Gasteiger partial charge in [-0.2, -0.15) is 0 Å². The summed E-state index contributed by atoms with van der Waals surface area (Å²) in [6.07, 6.45) is 2.16. The molecule has 3 aromatic carbocycles. The number of halogens is 4. The van der Waals surface area contributed by atoms with Crippen molar-refractivity contribution in [2.45, 2.75) is 38.6 Å². The number of amides is 2. The Hall–Kier alpha value is -3.96. The number of fused-ring (bicyclic) bond motifs is 1. The Bertz CT molecular complexity index is 1750. The summed E-state index contributed by atoms with van der Waals surface area (Å²) in [7, 11) is 0. The minimum atomic E-state index is -0.803. The first-order chi connectivity index (χ1) is 20.2. The zero-order chi connectivity index (χ0) is 29.5. The van der Waals surface area contributed by atoms with Gasteiger partial charge in [0.15, 0.2) is 0 Å². The van der Waals surface area contributed by atoms with E-state index in [-0.39, 0.29) is 42.9 Å². The maximum atomic E-state index is 14.3. The Morgan fingerprint density at radius 3 is 2.40 bits per heavy atom. The molecule has 1 aromatic heterocycles. The molecule has 1 aliphatic carbocycles. The first kappa shape index (κ1) is 28.2. The fourth-order valence-electron chi connectivity index (χ4n) is 4.92. The molecule has 2 heterocycles. The van der Waals surface area contributed by atoms with Gasteiger partial charge >= 0.3 is 5.69 Å². The van der Waals surface area contributed by atoms with Gasteiger partial charge in [0.05, 0.1) is 29.1 Å². The molecule has 1 aliphatic heterocycles. The molecule has 0 unspecified atom stereocenters. The molecule has 2 amide bonds. The first-order valence-electron chi connectivity index (χ1n) is 13.3. The highest BCUT2D eigenvalue weighted by Crippen LogP contribution is 2.29. The molecule has 8 nitrogen and oxygen atoms in total. The maximum absolute atomic E-state index is 14.3. The highest BCUT2D eigenvalue weighted by atomic mass is 79.9. The number of ether oxygens (including phenoxy) is 1. The summed E-state index contributed by atoms with van der Waals surface area (Å²) in [6, 6.07) is 15.1. The molecule has 0 radical (unpaired) electrons. The summed E-state index contributed by atoms with van der Waals surface area (Å²) in [6.45, 7) is -0.125. The Morgan fingerprint density at radius 2 is 1.74 bits per heavy atom. The van der Waals surface area contributed by atoms with Gasteiger partial charge in [-0.15, -0.1) is 0 Å². The number of imidazole rings is 1. The third-order valence-electron chi connectivity index (χ3n) is 7.26. The summed E-state index contributed by atoms with van der Waals surface area (Å²) in [5.41, 5.74) is 0.252. The number of benzene rings is 3. The number of carbonyl (C=O) groups excluding carboxylic acids is 2. The largest absolute Gasteiger partial charge is 0.490 e. The van der Waals surface area contributed by atoms with Gasteiger partial charge in [-0.3, -0.25) is 18.7 Å². The smallest absolute Gasteiger partial charge is 0.333 e. The van der Waals surface area contributed by atoms with Gasteiger partial charge in [0.1, 0.15) is 23.1 Å². The third kappa shape index (κ3) is 5.46. The minimum Gasteiger partial charge on any atom is -0.490 e. The average Bonchev–Trinajstić information content (AvgIpc) is 3.75. The van der Waals surface area contributed by atoms with Crippen LogP contribution in [0.5, 0.6) is 5.75 Å². The van der Waals surface area contributed by atoms with E-state index in [0.29, 0.717) is 32.2 Å². The maximum Gasteiger partial charge on any atom is 0.333 e. The van der Waals surface area contributed by atoms with Crippen molar-refractivity contribution >= 4 is 39.3 Å². The van der Waals surface area contributed by atoms with Crippen molar-refractivity contribution in [3.63, 3.8) is 0 Å². The molecule has 4 aromatic rings. The van der Waals surface area contributed by atoms with Crippen molar-refractivity contribution in [2.75, 3.05) is 6.54 Å². The van der Waals surface area contributed by atoms with Crippen molar-refractivity contribution in [2.24, 2.45) is 0 Å². The fraction of sp³-hybridized carbons (Fsp3) is 0.233. The summed E-state index contributed by atoms with van der Waals surface area (Å²) in [5.74, 6) is -2.00. The van der Waals surface area contributed by atoms with Gasteiger partial charge in [0, 0.05) is 35.2 Å². The standard InChI is InChI=1S/C30H24BrClF2N4O4/c31-22-11-4-17(14-23(22)32)29(40)36-12-13-37-26(16-36)27(28(39)35-15-21-24(33)2-1-3-25(21)34)38(30(37)41)18-5-7-19(8-6-18)42-20-9-10-20/h1-8,11,14,20H,9-10,12-13,15-16H2,(H,35,39). The second-order valence-corrected chi connectivity index (χ2v) is 11.4. The Labute approximate surface area is 252 Å². The lowest BCUT2D eigenvalue weighted by atomic mass is 10.1. The Morgan fingerprint density at radius 1 is 1.02 bits per heavy atom. The predicted molar refractivity (Wildman–Crippen MR) is 155 cm³/mol. The summed E-state index contributed by atoms with van der Waals surface area (Å²) >= 11 is 9.52. The Kier molecular flexibility index (Phi) is 7.63. The van der Waals surface area contributed by atoms with Gasteiger partial charge in [-0.05, 0) is 83.4 Å². The molecule has 2 aliphatic rings. The molecule has 1 saturated carbocycles. The monoisotopic (exact) mass is 656 g/mol. The van der Waals surface area contributed by atoms with Gasteiger partial charge in [0.2, 0.25) is 0 Å². The molecule has 1 fully saturated rings. The molecule has 1 N–H and O–H groups in total. The number of hydrogen-bond donors (Lipinski definition) is 1. The molecule has 216 valence electrons. The number of hydrogen-bond acceptors (Lipinski definition) is 4. The number of nitrogens with one attached hydrogen (secondary N) is 1. The van der Waals surface area contributed by atoms with E-state index in [2.05, 4.69) is 21.2 Å². The zero-order valence-corrected chi connectivity index (χ0v) is 24.4. The zero-order valence-electron chi connectivity index (χ0n) is 22.1. The highest BCUT2D eigenvalue weighted by Gasteiger charge is 2.32. The van der Waals surface area contributed by atoms with E-state index in [4.69, 9.17) is 16.3 Å². The van der Waals surface area contributed by atoms with E-state index < -0.39 is 29.8 Å². The van der Waals surface area contributed by atoms with E-state index in [0.717, 1.165) is 25.0 Å². The molecule has 12 heteroatoms. The summed E-state index contributed by atoms with van der Waals surface area (Å²) in [5, 5.41) is 2.93. The van der Waals surface area contributed by atoms with Crippen LogP contribution in [0, 0.1) is 11.6 Å². The van der Waals surface area contributed by atoms with Crippen LogP contribution in [0.3, 0.4) is 0 Å². The quantitative estimate of drug-likeness (QED) is 0.286. The molecule has 0 bridgehead atoms. The minimum absolute atomic E-state index is 0.0288. The van der Waals surface area contributed by atoms with Gasteiger partial charge in [-0.25, -0.2) is 13.6 Å². The second-order valence-electron chi connectivity index (χ2n) is 10.1. The van der Waals surface area contributed by atoms with Crippen LogP contribution >= 0.6 is 27.5 Å².